The van der Waals surface area contributed by atoms with Crippen molar-refractivity contribution in [2.24, 2.45) is 5.84 Å². The lowest BCUT2D eigenvalue weighted by Gasteiger charge is -2.24. The summed E-state index contributed by atoms with van der Waals surface area (Å²) in [5.74, 6) is 7.00. The van der Waals surface area contributed by atoms with Gasteiger partial charge in [0.25, 0.3) is 0 Å². The highest BCUT2D eigenvalue weighted by Crippen LogP contribution is 2.36. The Morgan fingerprint density at radius 2 is 2.25 bits per heavy atom. The van der Waals surface area contributed by atoms with E-state index in [0.717, 1.165) is 0 Å². The van der Waals surface area contributed by atoms with Crippen molar-refractivity contribution in [3.05, 3.63) is 34.9 Å². The summed E-state index contributed by atoms with van der Waals surface area (Å²) < 4.78 is 0. The monoisotopic (exact) mass is 236 g/mol. The van der Waals surface area contributed by atoms with Crippen molar-refractivity contribution < 1.29 is 0 Å². The zero-order valence-electron chi connectivity index (χ0n) is 9.99. The number of nitrogens with one attached hydrogen (secondary N) is 1. The maximum absolute atomic E-state index is 5.73. The standard InChI is InChI=1S/C13H20N2S/c1-9-5-6-11(10(2)8-9)13(15-14)12-4-3-7-16-12/h5-6,8,12-13,15H,3-4,7,14H2,1-2H3. The molecule has 2 rings (SSSR count). The molecule has 1 fully saturated rings. The summed E-state index contributed by atoms with van der Waals surface area (Å²) in [7, 11) is 0. The van der Waals surface area contributed by atoms with Gasteiger partial charge in [0, 0.05) is 5.25 Å². The summed E-state index contributed by atoms with van der Waals surface area (Å²) in [4.78, 5) is 0. The van der Waals surface area contributed by atoms with Gasteiger partial charge in [-0.15, -0.1) is 0 Å². The van der Waals surface area contributed by atoms with E-state index >= 15 is 0 Å². The van der Waals surface area contributed by atoms with Crippen molar-refractivity contribution in [2.45, 2.75) is 38.0 Å². The SMILES string of the molecule is Cc1ccc(C(NN)C2CCCS2)c(C)c1. The van der Waals surface area contributed by atoms with Crippen molar-refractivity contribution >= 4 is 11.8 Å². The fourth-order valence-corrected chi connectivity index (χ4v) is 3.82. The van der Waals surface area contributed by atoms with E-state index in [1.165, 1.54) is 35.3 Å². The first-order valence-electron chi connectivity index (χ1n) is 5.87. The van der Waals surface area contributed by atoms with E-state index in [9.17, 15) is 0 Å². The summed E-state index contributed by atoms with van der Waals surface area (Å²) in [5, 5.41) is 0.631. The molecular formula is C13H20N2S. The quantitative estimate of drug-likeness (QED) is 0.626. The van der Waals surface area contributed by atoms with E-state index < -0.39 is 0 Å². The van der Waals surface area contributed by atoms with E-state index in [1.807, 2.05) is 11.8 Å². The van der Waals surface area contributed by atoms with Crippen LogP contribution in [0.25, 0.3) is 0 Å². The van der Waals surface area contributed by atoms with Gasteiger partial charge in [0.05, 0.1) is 6.04 Å². The van der Waals surface area contributed by atoms with E-state index in [1.54, 1.807) is 0 Å². The summed E-state index contributed by atoms with van der Waals surface area (Å²) in [6.07, 6.45) is 2.59. The lowest BCUT2D eigenvalue weighted by atomic mass is 9.96. The Balaban J connectivity index is 2.25. The molecule has 0 spiro atoms. The van der Waals surface area contributed by atoms with Crippen molar-refractivity contribution in [1.82, 2.24) is 5.43 Å². The second-order valence-corrected chi connectivity index (χ2v) is 5.90. The predicted molar refractivity (Wildman–Crippen MR) is 71.5 cm³/mol. The smallest absolute Gasteiger partial charge is 0.0581 e. The fourth-order valence-electron chi connectivity index (χ4n) is 2.44. The molecular weight excluding hydrogens is 216 g/mol. The van der Waals surface area contributed by atoms with Crippen LogP contribution in [0.15, 0.2) is 18.2 Å². The Hall–Kier alpha value is -0.510. The van der Waals surface area contributed by atoms with Crippen molar-refractivity contribution in [1.29, 1.82) is 0 Å². The molecule has 3 N–H and O–H groups in total. The van der Waals surface area contributed by atoms with Crippen LogP contribution in [0.4, 0.5) is 0 Å². The maximum atomic E-state index is 5.73. The second kappa shape index (κ2) is 5.21. The normalized spacial score (nSPS) is 22.3. The highest BCUT2D eigenvalue weighted by molar-refractivity contribution is 8.00. The lowest BCUT2D eigenvalue weighted by molar-refractivity contribution is 0.518. The summed E-state index contributed by atoms with van der Waals surface area (Å²) in [6.45, 7) is 4.30. The molecule has 0 bridgehead atoms. The van der Waals surface area contributed by atoms with Crippen LogP contribution in [-0.4, -0.2) is 11.0 Å². The van der Waals surface area contributed by atoms with Gasteiger partial charge in [0.2, 0.25) is 0 Å². The largest absolute Gasteiger partial charge is 0.271 e. The second-order valence-electron chi connectivity index (χ2n) is 4.56. The number of thioether (sulfide) groups is 1. The fraction of sp³-hybridized carbons (Fsp3) is 0.538. The summed E-state index contributed by atoms with van der Waals surface area (Å²) in [5.41, 5.74) is 7.01. The van der Waals surface area contributed by atoms with Crippen LogP contribution in [0.2, 0.25) is 0 Å². The van der Waals surface area contributed by atoms with Gasteiger partial charge in [-0.2, -0.15) is 11.8 Å². The molecule has 1 aromatic carbocycles. The number of hydrogen-bond acceptors (Lipinski definition) is 3. The Morgan fingerprint density at radius 1 is 1.44 bits per heavy atom. The van der Waals surface area contributed by atoms with Gasteiger partial charge in [-0.05, 0) is 43.6 Å². The maximum Gasteiger partial charge on any atom is 0.0581 e. The first-order chi connectivity index (χ1) is 7.72. The molecule has 2 nitrogen and oxygen atoms in total. The summed E-state index contributed by atoms with van der Waals surface area (Å²) in [6, 6.07) is 6.92. The lowest BCUT2D eigenvalue weighted by Crippen LogP contribution is -2.34. The van der Waals surface area contributed by atoms with Crippen LogP contribution >= 0.6 is 11.8 Å². The van der Waals surface area contributed by atoms with Crippen molar-refractivity contribution in [2.75, 3.05) is 5.75 Å². The molecule has 1 aliphatic heterocycles. The average Bonchev–Trinajstić information content (AvgIpc) is 2.75. The molecule has 1 aromatic rings. The zero-order chi connectivity index (χ0) is 11.5. The molecule has 0 aromatic heterocycles. The first-order valence-corrected chi connectivity index (χ1v) is 6.92. The molecule has 0 radical (unpaired) electrons. The molecule has 0 amide bonds. The zero-order valence-corrected chi connectivity index (χ0v) is 10.8. The topological polar surface area (TPSA) is 38.0 Å². The van der Waals surface area contributed by atoms with Gasteiger partial charge in [-0.1, -0.05) is 23.8 Å². The van der Waals surface area contributed by atoms with Gasteiger partial charge < -0.3 is 0 Å². The van der Waals surface area contributed by atoms with E-state index in [4.69, 9.17) is 5.84 Å². The van der Waals surface area contributed by atoms with Crippen LogP contribution in [0.3, 0.4) is 0 Å². The van der Waals surface area contributed by atoms with E-state index in [-0.39, 0.29) is 0 Å². The van der Waals surface area contributed by atoms with Crippen LogP contribution in [-0.2, 0) is 0 Å². The van der Waals surface area contributed by atoms with Gasteiger partial charge in [-0.3, -0.25) is 11.3 Å². The van der Waals surface area contributed by atoms with E-state index in [2.05, 4.69) is 37.5 Å². The molecule has 3 heteroatoms. The average molecular weight is 236 g/mol. The Bertz CT molecular complexity index is 359. The molecule has 0 saturated carbocycles. The number of rotatable bonds is 3. The Labute approximate surface area is 102 Å². The molecule has 2 atom stereocenters. The van der Waals surface area contributed by atoms with Gasteiger partial charge in [0.1, 0.15) is 0 Å². The highest BCUT2D eigenvalue weighted by atomic mass is 32.2. The van der Waals surface area contributed by atoms with Gasteiger partial charge in [0.15, 0.2) is 0 Å². The van der Waals surface area contributed by atoms with Crippen LogP contribution in [0.5, 0.6) is 0 Å². The Morgan fingerprint density at radius 3 is 2.81 bits per heavy atom. The summed E-state index contributed by atoms with van der Waals surface area (Å²) >= 11 is 2.04. The Kier molecular flexibility index (Phi) is 3.90. The minimum absolute atomic E-state index is 0.299. The molecule has 1 saturated heterocycles. The minimum Gasteiger partial charge on any atom is -0.271 e. The molecule has 1 heterocycles. The van der Waals surface area contributed by atoms with Crippen LogP contribution in [0, 0.1) is 13.8 Å². The van der Waals surface area contributed by atoms with E-state index in [0.29, 0.717) is 11.3 Å². The van der Waals surface area contributed by atoms with Gasteiger partial charge >= 0.3 is 0 Å². The molecule has 2 unspecified atom stereocenters. The molecule has 88 valence electrons. The third-order valence-corrected chi connectivity index (χ3v) is 4.74. The van der Waals surface area contributed by atoms with Crippen molar-refractivity contribution in [3.63, 3.8) is 0 Å². The molecule has 16 heavy (non-hydrogen) atoms. The first kappa shape index (κ1) is 12.0. The number of aryl methyl sites for hydroxylation is 2. The number of benzene rings is 1. The highest BCUT2D eigenvalue weighted by Gasteiger charge is 2.26. The minimum atomic E-state index is 0.299. The van der Waals surface area contributed by atoms with Crippen LogP contribution < -0.4 is 11.3 Å². The number of hydrogen-bond donors (Lipinski definition) is 2. The third-order valence-electron chi connectivity index (χ3n) is 3.28. The van der Waals surface area contributed by atoms with Crippen LogP contribution in [0.1, 0.15) is 35.6 Å². The number of nitrogens with two attached hydrogens (primary N) is 1. The predicted octanol–water partition coefficient (Wildman–Crippen LogP) is 2.70. The number of hydrazine groups is 1. The molecule has 0 aliphatic carbocycles. The molecule has 1 aliphatic rings. The van der Waals surface area contributed by atoms with Crippen molar-refractivity contribution in [3.8, 4) is 0 Å². The van der Waals surface area contributed by atoms with Gasteiger partial charge in [-0.25, -0.2) is 0 Å². The third kappa shape index (κ3) is 2.42.